The molecule has 5 heteroatoms. The van der Waals surface area contributed by atoms with Crippen molar-refractivity contribution in [1.82, 2.24) is 0 Å². The monoisotopic (exact) mass is 190 g/mol. The summed E-state index contributed by atoms with van der Waals surface area (Å²) in [6.07, 6.45) is 2.36. The minimum atomic E-state index is -3.78. The average Bonchev–Trinajstić information content (AvgIpc) is 1.80. The summed E-state index contributed by atoms with van der Waals surface area (Å²) in [6, 6.07) is 0. The van der Waals surface area contributed by atoms with Crippen LogP contribution in [-0.2, 0) is 10.1 Å². The fourth-order valence-electron chi connectivity index (χ4n) is 0.641. The Bertz CT molecular complexity index is 176. The van der Waals surface area contributed by atoms with Crippen LogP contribution in [0.4, 0.5) is 0 Å². The third kappa shape index (κ3) is 7.28. The molecule has 0 rings (SSSR count). The summed E-state index contributed by atoms with van der Waals surface area (Å²) in [5.74, 6) is 0. The topological polar surface area (TPSA) is 54.4 Å². The van der Waals surface area contributed by atoms with Crippen LogP contribution >= 0.6 is 0 Å². The van der Waals surface area contributed by atoms with Gasteiger partial charge in [-0.3, -0.25) is 4.55 Å². The first kappa shape index (κ1) is 14.4. The number of rotatable bonds is 4. The molecule has 0 fully saturated rings. The van der Waals surface area contributed by atoms with E-state index in [1.54, 1.807) is 0 Å². The van der Waals surface area contributed by atoms with Gasteiger partial charge in [0, 0.05) is 0 Å². The summed E-state index contributed by atoms with van der Waals surface area (Å²) in [7, 11) is -3.78. The zero-order chi connectivity index (χ0) is 8.20. The predicted molar refractivity (Wildman–Crippen MR) is 47.7 cm³/mol. The van der Waals surface area contributed by atoms with E-state index in [-0.39, 0.29) is 29.6 Å². The van der Waals surface area contributed by atoms with E-state index in [1.165, 1.54) is 6.92 Å². The predicted octanol–water partition coefficient (Wildman–Crippen LogP) is 0.804. The van der Waals surface area contributed by atoms with Crippen LogP contribution in [0.1, 0.15) is 33.1 Å². The van der Waals surface area contributed by atoms with Gasteiger partial charge in [0.1, 0.15) is 0 Å². The maximum atomic E-state index is 10.4. The molecule has 0 saturated heterocycles. The summed E-state index contributed by atoms with van der Waals surface area (Å²) in [4.78, 5) is 0. The summed E-state index contributed by atoms with van der Waals surface area (Å²) in [5.41, 5.74) is 0. The molecular weight excluding hydrogens is 175 g/mol. The Kier molecular flexibility index (Phi) is 8.44. The van der Waals surface area contributed by atoms with E-state index in [9.17, 15) is 8.42 Å². The Balaban J connectivity index is 0. The van der Waals surface area contributed by atoms with Gasteiger partial charge in [0.25, 0.3) is 10.1 Å². The third-order valence-electron chi connectivity index (χ3n) is 1.47. The molecule has 0 saturated carbocycles. The molecule has 1 atom stereocenters. The van der Waals surface area contributed by atoms with E-state index in [2.05, 4.69) is 0 Å². The quantitative estimate of drug-likeness (QED) is 0.527. The molecule has 64 valence electrons. The Labute approximate surface area is 90.6 Å². The second kappa shape index (κ2) is 6.43. The fourth-order valence-corrected chi connectivity index (χ4v) is 1.11. The molecule has 0 spiro atoms. The van der Waals surface area contributed by atoms with Gasteiger partial charge in [0.15, 0.2) is 0 Å². The molecule has 11 heavy (non-hydrogen) atoms. The standard InChI is InChI=1S/C6H14O3S.Na.H/c1-3-4-5-6(2)10(7,8)9;;/h6H,3-5H2,1-2H3,(H,7,8,9);;. The zero-order valence-electron chi connectivity index (χ0n) is 6.37. The number of hydrogen-bond donors (Lipinski definition) is 1. The van der Waals surface area contributed by atoms with Crippen molar-refractivity contribution >= 4 is 39.7 Å². The molecule has 0 radical (unpaired) electrons. The molecule has 0 aliphatic rings. The van der Waals surface area contributed by atoms with Crippen LogP contribution in [0.2, 0.25) is 0 Å². The van der Waals surface area contributed by atoms with Crippen molar-refractivity contribution in [2.24, 2.45) is 0 Å². The Morgan fingerprint density at radius 3 is 2.18 bits per heavy atom. The van der Waals surface area contributed by atoms with Gasteiger partial charge >= 0.3 is 29.6 Å². The van der Waals surface area contributed by atoms with Crippen LogP contribution in [0.15, 0.2) is 0 Å². The minimum absolute atomic E-state index is 0. The summed E-state index contributed by atoms with van der Waals surface area (Å²) >= 11 is 0. The average molecular weight is 190 g/mol. The van der Waals surface area contributed by atoms with Crippen molar-refractivity contribution in [2.45, 2.75) is 38.4 Å². The van der Waals surface area contributed by atoms with E-state index in [0.717, 1.165) is 12.8 Å². The van der Waals surface area contributed by atoms with Crippen LogP contribution in [0.5, 0.6) is 0 Å². The van der Waals surface area contributed by atoms with Crippen LogP contribution in [0.3, 0.4) is 0 Å². The SMILES string of the molecule is CCCCC(C)S(=O)(=O)O.[NaH]. The van der Waals surface area contributed by atoms with E-state index >= 15 is 0 Å². The molecule has 3 nitrogen and oxygen atoms in total. The first-order valence-electron chi connectivity index (χ1n) is 3.44. The molecular formula is C6H15NaO3S. The van der Waals surface area contributed by atoms with Crippen LogP contribution in [-0.4, -0.2) is 47.8 Å². The normalized spacial score (nSPS) is 13.7. The molecule has 0 aliphatic carbocycles. The summed E-state index contributed by atoms with van der Waals surface area (Å²) < 4.78 is 29.3. The van der Waals surface area contributed by atoms with E-state index in [1.807, 2.05) is 6.92 Å². The number of hydrogen-bond acceptors (Lipinski definition) is 2. The van der Waals surface area contributed by atoms with Crippen LogP contribution < -0.4 is 0 Å². The van der Waals surface area contributed by atoms with Gasteiger partial charge in [-0.2, -0.15) is 8.42 Å². The molecule has 0 bridgehead atoms. The van der Waals surface area contributed by atoms with Gasteiger partial charge in [0.05, 0.1) is 5.25 Å². The molecule has 0 aromatic rings. The van der Waals surface area contributed by atoms with Crippen molar-refractivity contribution in [2.75, 3.05) is 0 Å². The van der Waals surface area contributed by atoms with E-state index in [4.69, 9.17) is 4.55 Å². The molecule has 1 unspecified atom stereocenters. The first-order valence-corrected chi connectivity index (χ1v) is 4.95. The second-order valence-electron chi connectivity index (χ2n) is 2.47. The van der Waals surface area contributed by atoms with Crippen molar-refractivity contribution in [3.05, 3.63) is 0 Å². The van der Waals surface area contributed by atoms with Gasteiger partial charge in [-0.05, 0) is 13.3 Å². The molecule has 0 aromatic carbocycles. The van der Waals surface area contributed by atoms with Gasteiger partial charge in [-0.1, -0.05) is 19.8 Å². The molecule has 0 heterocycles. The Morgan fingerprint density at radius 1 is 1.45 bits per heavy atom. The van der Waals surface area contributed by atoms with Crippen molar-refractivity contribution in [1.29, 1.82) is 0 Å². The van der Waals surface area contributed by atoms with E-state index < -0.39 is 15.4 Å². The maximum absolute atomic E-state index is 10.4. The van der Waals surface area contributed by atoms with Gasteiger partial charge < -0.3 is 0 Å². The molecule has 1 N–H and O–H groups in total. The molecule has 0 aromatic heterocycles. The van der Waals surface area contributed by atoms with Crippen LogP contribution in [0.25, 0.3) is 0 Å². The van der Waals surface area contributed by atoms with Crippen molar-refractivity contribution < 1.29 is 13.0 Å². The summed E-state index contributed by atoms with van der Waals surface area (Å²) in [5, 5.41) is -0.604. The Hall–Kier alpha value is 0.910. The number of unbranched alkanes of at least 4 members (excludes halogenated alkanes) is 1. The fraction of sp³-hybridized carbons (Fsp3) is 1.00. The zero-order valence-corrected chi connectivity index (χ0v) is 7.19. The van der Waals surface area contributed by atoms with Crippen molar-refractivity contribution in [3.8, 4) is 0 Å². The van der Waals surface area contributed by atoms with Crippen LogP contribution in [0, 0.1) is 0 Å². The van der Waals surface area contributed by atoms with E-state index in [0.29, 0.717) is 6.42 Å². The molecule has 0 aliphatic heterocycles. The van der Waals surface area contributed by atoms with Gasteiger partial charge in [-0.15, -0.1) is 0 Å². The summed E-state index contributed by atoms with van der Waals surface area (Å²) in [6.45, 7) is 3.50. The van der Waals surface area contributed by atoms with Gasteiger partial charge in [0.2, 0.25) is 0 Å². The first-order chi connectivity index (χ1) is 4.48. The molecule has 0 amide bonds. The second-order valence-corrected chi connectivity index (χ2v) is 4.30. The van der Waals surface area contributed by atoms with Gasteiger partial charge in [-0.25, -0.2) is 0 Å². The third-order valence-corrected chi connectivity index (χ3v) is 2.73. The Morgan fingerprint density at radius 2 is 1.91 bits per heavy atom. The van der Waals surface area contributed by atoms with Crippen molar-refractivity contribution in [3.63, 3.8) is 0 Å².